The van der Waals surface area contributed by atoms with Gasteiger partial charge < -0.3 is 0 Å². The molecule has 90 valence electrons. The molecule has 0 spiro atoms. The van der Waals surface area contributed by atoms with Crippen molar-refractivity contribution in [1.82, 2.24) is 0 Å². The van der Waals surface area contributed by atoms with E-state index in [0.717, 1.165) is 6.42 Å². The van der Waals surface area contributed by atoms with Crippen LogP contribution in [0.3, 0.4) is 0 Å². The Labute approximate surface area is 127 Å². The monoisotopic (exact) mass is 356 g/mol. The molecule has 3 rings (SSSR count). The average Bonchev–Trinajstić information content (AvgIpc) is 2.38. The summed E-state index contributed by atoms with van der Waals surface area (Å²) >= 11 is 3.49. The summed E-state index contributed by atoms with van der Waals surface area (Å²) in [6.45, 7) is 0. The van der Waals surface area contributed by atoms with Crippen molar-refractivity contribution in [3.05, 3.63) is 58.1 Å². The van der Waals surface area contributed by atoms with Crippen molar-refractivity contribution in [2.45, 2.75) is 16.2 Å². The fourth-order valence-electron chi connectivity index (χ4n) is 1.86. The van der Waals surface area contributed by atoms with Crippen LogP contribution in [0.15, 0.2) is 56.7 Å². The molecule has 1 heterocycles. The topological polar surface area (TPSA) is 34.1 Å². The van der Waals surface area contributed by atoms with Crippen LogP contribution in [-0.2, 0) is 32.2 Å². The molecule has 0 unspecified atom stereocenters. The summed E-state index contributed by atoms with van der Waals surface area (Å²) in [5.41, 5.74) is 2.85. The van der Waals surface area contributed by atoms with Crippen LogP contribution < -0.4 is 0 Å². The van der Waals surface area contributed by atoms with Crippen LogP contribution in [-0.4, -0.2) is 0 Å². The second kappa shape index (κ2) is 6.66. The standard InChI is InChI=1S/C13H9BrS.2O.Ti/c14-11-5-3-7-13-10(11)8-9-4-1-2-6-12(9)15-13;;;/h1-7H,8H2;;;. The van der Waals surface area contributed by atoms with Crippen LogP contribution in [0.4, 0.5) is 0 Å². The Morgan fingerprint density at radius 3 is 2.44 bits per heavy atom. The predicted molar refractivity (Wildman–Crippen MR) is 68.9 cm³/mol. The Morgan fingerprint density at radius 1 is 1.00 bits per heavy atom. The third-order valence-corrected chi connectivity index (χ3v) is 4.60. The number of halogens is 1. The van der Waals surface area contributed by atoms with Crippen LogP contribution in [0, 0.1) is 0 Å². The van der Waals surface area contributed by atoms with Crippen LogP contribution >= 0.6 is 27.7 Å². The van der Waals surface area contributed by atoms with E-state index in [4.69, 9.17) is 6.65 Å². The molecule has 0 aromatic heterocycles. The molecule has 2 aromatic carbocycles. The minimum absolute atomic E-state index is 1.04. The molecule has 18 heavy (non-hydrogen) atoms. The van der Waals surface area contributed by atoms with Crippen molar-refractivity contribution in [3.63, 3.8) is 0 Å². The molecular formula is C13H9BrO2STi. The van der Waals surface area contributed by atoms with E-state index in [2.05, 4.69) is 58.4 Å². The summed E-state index contributed by atoms with van der Waals surface area (Å²) in [6.07, 6.45) is 1.04. The predicted octanol–water partition coefficient (Wildman–Crippen LogP) is 4.26. The van der Waals surface area contributed by atoms with E-state index in [0.29, 0.717) is 0 Å². The molecule has 0 saturated heterocycles. The van der Waals surface area contributed by atoms with Crippen molar-refractivity contribution in [3.8, 4) is 0 Å². The first-order valence-electron chi connectivity index (χ1n) is 5.28. The normalized spacial score (nSPS) is 11.4. The summed E-state index contributed by atoms with van der Waals surface area (Å²) in [5, 5.41) is 0. The molecule has 0 bridgehead atoms. The summed E-state index contributed by atoms with van der Waals surface area (Å²) in [7, 11) is 0. The number of hydrogen-bond donors (Lipinski definition) is 0. The van der Waals surface area contributed by atoms with Gasteiger partial charge in [-0.1, -0.05) is 52.0 Å². The van der Waals surface area contributed by atoms with E-state index < -0.39 is 19.1 Å². The van der Waals surface area contributed by atoms with Gasteiger partial charge in [0.25, 0.3) is 0 Å². The Balaban J connectivity index is 0.000000367. The van der Waals surface area contributed by atoms with Crippen molar-refractivity contribution in [2.24, 2.45) is 0 Å². The van der Waals surface area contributed by atoms with Gasteiger partial charge in [0.15, 0.2) is 0 Å². The molecule has 0 aliphatic carbocycles. The summed E-state index contributed by atoms with van der Waals surface area (Å²) in [4.78, 5) is 2.77. The molecule has 0 amide bonds. The molecule has 2 aromatic rings. The van der Waals surface area contributed by atoms with E-state index in [1.807, 2.05) is 11.8 Å². The van der Waals surface area contributed by atoms with Gasteiger partial charge in [0.05, 0.1) is 0 Å². The van der Waals surface area contributed by atoms with Gasteiger partial charge in [-0.3, -0.25) is 0 Å². The fraction of sp³-hybridized carbons (Fsp3) is 0.0769. The Hall–Kier alpha value is -0.416. The summed E-state index contributed by atoms with van der Waals surface area (Å²) in [6, 6.07) is 15.0. The molecule has 0 radical (unpaired) electrons. The third-order valence-electron chi connectivity index (χ3n) is 2.64. The van der Waals surface area contributed by atoms with Crippen LogP contribution in [0.2, 0.25) is 0 Å². The second-order valence-corrected chi connectivity index (χ2v) is 5.88. The van der Waals surface area contributed by atoms with Crippen LogP contribution in [0.25, 0.3) is 0 Å². The molecule has 1 aliphatic heterocycles. The quantitative estimate of drug-likeness (QED) is 0.564. The second-order valence-electron chi connectivity index (χ2n) is 3.69. The number of benzene rings is 2. The first-order valence-corrected chi connectivity index (χ1v) is 8.17. The molecule has 5 heteroatoms. The summed E-state index contributed by atoms with van der Waals surface area (Å²) < 4.78 is 18.2. The van der Waals surface area contributed by atoms with E-state index >= 15 is 0 Å². The number of fused-ring (bicyclic) bond motifs is 2. The molecule has 0 saturated carbocycles. The van der Waals surface area contributed by atoms with Gasteiger partial charge in [0.1, 0.15) is 0 Å². The van der Waals surface area contributed by atoms with Gasteiger partial charge in [-0.2, -0.15) is 0 Å². The maximum atomic E-state index is 8.50. The average molecular weight is 357 g/mol. The molecule has 2 nitrogen and oxygen atoms in total. The molecule has 0 N–H and O–H groups in total. The molecule has 0 fully saturated rings. The minimum atomic E-state index is -2.00. The molecular weight excluding hydrogens is 348 g/mol. The van der Waals surface area contributed by atoms with Crippen molar-refractivity contribution >= 4 is 27.7 Å². The zero-order chi connectivity index (χ0) is 13.0. The maximum absolute atomic E-state index is 8.50. The van der Waals surface area contributed by atoms with E-state index in [9.17, 15) is 0 Å². The first kappa shape index (κ1) is 14.0. The van der Waals surface area contributed by atoms with Crippen molar-refractivity contribution in [1.29, 1.82) is 0 Å². The van der Waals surface area contributed by atoms with Crippen molar-refractivity contribution in [2.75, 3.05) is 0 Å². The Morgan fingerprint density at radius 2 is 1.67 bits per heavy atom. The van der Waals surface area contributed by atoms with E-state index in [1.165, 1.54) is 25.4 Å². The van der Waals surface area contributed by atoms with Gasteiger partial charge >= 0.3 is 25.7 Å². The SMILES string of the molecule is Brc1cccc2c1Cc1ccccc1S2.[O]=[Ti]=[O]. The van der Waals surface area contributed by atoms with Gasteiger partial charge in [-0.15, -0.1) is 0 Å². The first-order chi connectivity index (χ1) is 8.76. The zero-order valence-corrected chi connectivity index (χ0v) is 13.3. The van der Waals surface area contributed by atoms with Crippen molar-refractivity contribution < 1.29 is 25.7 Å². The van der Waals surface area contributed by atoms with E-state index in [1.54, 1.807) is 0 Å². The Kier molecular flexibility index (Phi) is 5.18. The fourth-order valence-corrected chi connectivity index (χ4v) is 3.61. The van der Waals surface area contributed by atoms with Crippen LogP contribution in [0.1, 0.15) is 11.1 Å². The summed E-state index contributed by atoms with van der Waals surface area (Å²) in [5.74, 6) is 0. The molecule has 1 aliphatic rings. The van der Waals surface area contributed by atoms with E-state index in [-0.39, 0.29) is 0 Å². The Bertz CT molecular complexity index is 610. The number of rotatable bonds is 0. The third kappa shape index (κ3) is 3.12. The van der Waals surface area contributed by atoms with Gasteiger partial charge in [-0.05, 0) is 29.3 Å². The van der Waals surface area contributed by atoms with Gasteiger partial charge in [0, 0.05) is 20.7 Å². The van der Waals surface area contributed by atoms with Gasteiger partial charge in [0.2, 0.25) is 0 Å². The molecule has 0 atom stereocenters. The number of hydrogen-bond acceptors (Lipinski definition) is 3. The zero-order valence-electron chi connectivity index (χ0n) is 9.35. The van der Waals surface area contributed by atoms with Crippen LogP contribution in [0.5, 0.6) is 0 Å². The van der Waals surface area contributed by atoms with Gasteiger partial charge in [-0.25, -0.2) is 0 Å².